The first kappa shape index (κ1) is 19.4. The van der Waals surface area contributed by atoms with E-state index in [1.165, 1.54) is 6.07 Å². The van der Waals surface area contributed by atoms with E-state index in [1.54, 1.807) is 23.3 Å². The van der Waals surface area contributed by atoms with Crippen molar-refractivity contribution in [3.63, 3.8) is 0 Å². The molecule has 1 aromatic rings. The molecular weight excluding hydrogens is 346 g/mol. The fraction of sp³-hybridized carbons (Fsp3) is 0.615. The van der Waals surface area contributed by atoms with Gasteiger partial charge in [0.25, 0.3) is 10.0 Å². The van der Waals surface area contributed by atoms with Crippen LogP contribution in [0.15, 0.2) is 21.7 Å². The van der Waals surface area contributed by atoms with Gasteiger partial charge in [0.1, 0.15) is 4.21 Å². The summed E-state index contributed by atoms with van der Waals surface area (Å²) in [6, 6.07) is 2.90. The maximum Gasteiger partial charge on any atom is 0.250 e. The summed E-state index contributed by atoms with van der Waals surface area (Å²) in [5.41, 5.74) is 0. The van der Waals surface area contributed by atoms with Gasteiger partial charge < -0.3 is 10.2 Å². The average molecular weight is 368 g/mol. The van der Waals surface area contributed by atoms with E-state index in [0.717, 1.165) is 24.2 Å². The number of piperidine rings is 1. The van der Waals surface area contributed by atoms with Gasteiger partial charge in [-0.25, -0.2) is 8.42 Å². The molecule has 0 spiro atoms. The van der Waals surface area contributed by atoms with Crippen LogP contribution >= 0.6 is 23.7 Å². The fourth-order valence-corrected chi connectivity index (χ4v) is 4.63. The Morgan fingerprint density at radius 1 is 1.41 bits per heavy atom. The molecule has 2 N–H and O–H groups in total. The zero-order valence-corrected chi connectivity index (χ0v) is 15.1. The molecule has 9 heteroatoms. The lowest BCUT2D eigenvalue weighted by Gasteiger charge is -2.33. The highest BCUT2D eigenvalue weighted by molar-refractivity contribution is 7.91. The number of amides is 1. The number of hydrogen-bond donors (Lipinski definition) is 2. The highest BCUT2D eigenvalue weighted by Gasteiger charge is 2.28. The molecule has 0 aromatic carbocycles. The molecule has 2 heterocycles. The zero-order valence-electron chi connectivity index (χ0n) is 12.6. The molecule has 2 rings (SSSR count). The summed E-state index contributed by atoms with van der Waals surface area (Å²) in [4.78, 5) is 14.1. The third-order valence-electron chi connectivity index (χ3n) is 3.68. The summed E-state index contributed by atoms with van der Waals surface area (Å²) in [7, 11) is -1.69. The second-order valence-electron chi connectivity index (χ2n) is 5.16. The molecule has 126 valence electrons. The van der Waals surface area contributed by atoms with Crippen LogP contribution < -0.4 is 10.0 Å². The van der Waals surface area contributed by atoms with Gasteiger partial charge >= 0.3 is 0 Å². The predicted octanol–water partition coefficient (Wildman–Crippen LogP) is 1.05. The molecule has 1 atom stereocenters. The molecule has 1 saturated heterocycles. The number of halogens is 1. The Hall–Kier alpha value is -0.670. The number of carbonyl (C=O) groups is 1. The highest BCUT2D eigenvalue weighted by Crippen LogP contribution is 2.17. The van der Waals surface area contributed by atoms with Crippen LogP contribution in [-0.4, -0.2) is 51.4 Å². The van der Waals surface area contributed by atoms with Crippen LogP contribution in [0.25, 0.3) is 0 Å². The van der Waals surface area contributed by atoms with Gasteiger partial charge in [0.05, 0.1) is 6.04 Å². The van der Waals surface area contributed by atoms with E-state index in [4.69, 9.17) is 0 Å². The molecule has 1 aliphatic heterocycles. The Labute approximate surface area is 141 Å². The molecule has 0 bridgehead atoms. The number of likely N-dealkylation sites (tertiary alicyclic amines) is 1. The molecule has 1 fully saturated rings. The van der Waals surface area contributed by atoms with Crippen molar-refractivity contribution >= 4 is 39.7 Å². The minimum absolute atomic E-state index is 0. The molecule has 1 unspecified atom stereocenters. The monoisotopic (exact) mass is 367 g/mol. The van der Waals surface area contributed by atoms with Crippen molar-refractivity contribution in [2.24, 2.45) is 0 Å². The lowest BCUT2D eigenvalue weighted by molar-refractivity contribution is -0.133. The molecule has 0 radical (unpaired) electrons. The molecule has 0 saturated carbocycles. The lowest BCUT2D eigenvalue weighted by atomic mass is 10.0. The van der Waals surface area contributed by atoms with E-state index in [2.05, 4.69) is 10.0 Å². The smallest absolute Gasteiger partial charge is 0.250 e. The van der Waals surface area contributed by atoms with Gasteiger partial charge in [0.15, 0.2) is 0 Å². The van der Waals surface area contributed by atoms with E-state index < -0.39 is 16.1 Å². The Bertz CT molecular complexity index is 569. The number of thiophene rings is 1. The van der Waals surface area contributed by atoms with E-state index >= 15 is 0 Å². The Balaban J connectivity index is 0.00000242. The van der Waals surface area contributed by atoms with Crippen LogP contribution in [0.5, 0.6) is 0 Å². The van der Waals surface area contributed by atoms with Crippen molar-refractivity contribution < 1.29 is 13.2 Å². The first-order valence-electron chi connectivity index (χ1n) is 6.96. The summed E-state index contributed by atoms with van der Waals surface area (Å²) < 4.78 is 26.9. The van der Waals surface area contributed by atoms with E-state index in [-0.39, 0.29) is 22.5 Å². The Morgan fingerprint density at radius 3 is 2.55 bits per heavy atom. The van der Waals surface area contributed by atoms with Crippen LogP contribution in [0.2, 0.25) is 0 Å². The summed E-state index contributed by atoms with van der Waals surface area (Å²) in [5.74, 6) is -0.162. The second kappa shape index (κ2) is 8.26. The highest BCUT2D eigenvalue weighted by atomic mass is 35.5. The minimum Gasteiger partial charge on any atom is -0.341 e. The molecule has 22 heavy (non-hydrogen) atoms. The number of carbonyl (C=O) groups excluding carboxylic acids is 1. The van der Waals surface area contributed by atoms with Gasteiger partial charge in [-0.1, -0.05) is 6.07 Å². The SMILES string of the molecule is CNC1CCN(C(=O)C(C)NS(=O)(=O)c2cccs2)CC1.Cl. The van der Waals surface area contributed by atoms with Crippen LogP contribution in [0.3, 0.4) is 0 Å². The van der Waals surface area contributed by atoms with Crippen LogP contribution in [0.1, 0.15) is 19.8 Å². The third-order valence-corrected chi connectivity index (χ3v) is 6.62. The number of nitrogens with one attached hydrogen (secondary N) is 2. The summed E-state index contributed by atoms with van der Waals surface area (Å²) >= 11 is 1.14. The van der Waals surface area contributed by atoms with Crippen LogP contribution in [0.4, 0.5) is 0 Å². The van der Waals surface area contributed by atoms with Crippen molar-refractivity contribution in [1.82, 2.24) is 14.9 Å². The lowest BCUT2D eigenvalue weighted by Crippen LogP contribution is -2.51. The van der Waals surface area contributed by atoms with Crippen LogP contribution in [-0.2, 0) is 14.8 Å². The maximum atomic E-state index is 12.3. The third kappa shape index (κ3) is 4.66. The summed E-state index contributed by atoms with van der Waals surface area (Å²) in [5, 5.41) is 4.90. The van der Waals surface area contributed by atoms with Crippen molar-refractivity contribution in [2.75, 3.05) is 20.1 Å². The average Bonchev–Trinajstić information content (AvgIpc) is 3.01. The number of nitrogens with zero attached hydrogens (tertiary/aromatic N) is 1. The molecule has 6 nitrogen and oxygen atoms in total. The Kier molecular flexibility index (Phi) is 7.27. The number of sulfonamides is 1. The molecule has 1 aliphatic rings. The van der Waals surface area contributed by atoms with E-state index in [9.17, 15) is 13.2 Å². The van der Waals surface area contributed by atoms with Gasteiger partial charge in [0, 0.05) is 19.1 Å². The molecule has 1 aromatic heterocycles. The quantitative estimate of drug-likeness (QED) is 0.815. The number of rotatable bonds is 5. The minimum atomic E-state index is -3.61. The van der Waals surface area contributed by atoms with Gasteiger partial charge in [-0.2, -0.15) is 4.72 Å². The predicted molar refractivity (Wildman–Crippen MR) is 90.0 cm³/mol. The van der Waals surface area contributed by atoms with Gasteiger partial charge in [0.2, 0.25) is 5.91 Å². The van der Waals surface area contributed by atoms with Crippen LogP contribution in [0, 0.1) is 0 Å². The Morgan fingerprint density at radius 2 is 2.05 bits per heavy atom. The van der Waals surface area contributed by atoms with E-state index in [0.29, 0.717) is 19.1 Å². The van der Waals surface area contributed by atoms with E-state index in [1.807, 2.05) is 7.05 Å². The fourth-order valence-electron chi connectivity index (χ4n) is 2.42. The zero-order chi connectivity index (χ0) is 15.5. The molecule has 1 amide bonds. The van der Waals surface area contributed by atoms with Crippen molar-refractivity contribution in [3.05, 3.63) is 17.5 Å². The standard InChI is InChI=1S/C13H21N3O3S2.ClH/c1-10(15-21(18,19)12-4-3-9-20-12)13(17)16-7-5-11(14-2)6-8-16;/h3-4,9-11,14-15H,5-8H2,1-2H3;1H. The topological polar surface area (TPSA) is 78.5 Å². The van der Waals surface area contributed by atoms with Gasteiger partial charge in [-0.3, -0.25) is 4.79 Å². The maximum absolute atomic E-state index is 12.3. The first-order valence-corrected chi connectivity index (χ1v) is 9.32. The van der Waals surface area contributed by atoms with Crippen molar-refractivity contribution in [1.29, 1.82) is 0 Å². The van der Waals surface area contributed by atoms with Crippen molar-refractivity contribution in [2.45, 2.75) is 36.1 Å². The second-order valence-corrected chi connectivity index (χ2v) is 8.05. The summed E-state index contributed by atoms with van der Waals surface area (Å²) in [6.07, 6.45) is 1.79. The number of hydrogen-bond acceptors (Lipinski definition) is 5. The summed E-state index contributed by atoms with van der Waals surface area (Å²) in [6.45, 7) is 2.92. The van der Waals surface area contributed by atoms with Crippen molar-refractivity contribution in [3.8, 4) is 0 Å². The largest absolute Gasteiger partial charge is 0.341 e. The molecule has 0 aliphatic carbocycles. The van der Waals surface area contributed by atoms with Gasteiger partial charge in [-0.15, -0.1) is 23.7 Å². The van der Waals surface area contributed by atoms with Gasteiger partial charge in [-0.05, 0) is 38.3 Å². The normalized spacial score (nSPS) is 17.8. The first-order chi connectivity index (χ1) is 9.94. The molecular formula is C13H22ClN3O3S2.